The standard InChI is InChI=1S/C21H26N4O/c1-15-6-8-17(9-7-15)25-19-5-3-2-4-18(19)20(24-25)21(26)23-14-16-10-12-22-13-11-16/h6-10,22H,2-5,11-14H2,1H3,(H,23,26). The smallest absolute Gasteiger partial charge is 0.272 e. The second kappa shape index (κ2) is 7.46. The van der Waals surface area contributed by atoms with Crippen LogP contribution < -0.4 is 10.6 Å². The molecule has 0 unspecified atom stereocenters. The van der Waals surface area contributed by atoms with Gasteiger partial charge in [0.15, 0.2) is 5.69 Å². The molecule has 136 valence electrons. The zero-order chi connectivity index (χ0) is 17.9. The molecule has 0 radical (unpaired) electrons. The van der Waals surface area contributed by atoms with Gasteiger partial charge in [-0.15, -0.1) is 0 Å². The SMILES string of the molecule is Cc1ccc(-n2nc(C(=O)NCC3=CCNCC3)c3c2CCCC3)cc1. The lowest BCUT2D eigenvalue weighted by molar-refractivity contribution is 0.0950. The number of nitrogens with zero attached hydrogens (tertiary/aromatic N) is 2. The van der Waals surface area contributed by atoms with Gasteiger partial charge in [0, 0.05) is 24.3 Å². The first-order chi connectivity index (χ1) is 12.7. The first-order valence-electron chi connectivity index (χ1n) is 9.57. The zero-order valence-electron chi connectivity index (χ0n) is 15.3. The van der Waals surface area contributed by atoms with E-state index in [9.17, 15) is 4.79 Å². The van der Waals surface area contributed by atoms with Gasteiger partial charge in [0.2, 0.25) is 0 Å². The molecule has 0 atom stereocenters. The van der Waals surface area contributed by atoms with E-state index in [1.54, 1.807) is 0 Å². The highest BCUT2D eigenvalue weighted by molar-refractivity contribution is 5.94. The van der Waals surface area contributed by atoms with E-state index in [-0.39, 0.29) is 5.91 Å². The van der Waals surface area contributed by atoms with Crippen molar-refractivity contribution in [1.29, 1.82) is 0 Å². The number of amides is 1. The van der Waals surface area contributed by atoms with Crippen molar-refractivity contribution >= 4 is 5.91 Å². The van der Waals surface area contributed by atoms with Crippen molar-refractivity contribution in [3.05, 3.63) is 58.4 Å². The third-order valence-electron chi connectivity index (χ3n) is 5.31. The molecule has 0 bridgehead atoms. The Bertz CT molecular complexity index is 832. The van der Waals surface area contributed by atoms with E-state index in [1.165, 1.54) is 16.8 Å². The largest absolute Gasteiger partial charge is 0.347 e. The first-order valence-corrected chi connectivity index (χ1v) is 9.57. The van der Waals surface area contributed by atoms with E-state index in [1.807, 2.05) is 4.68 Å². The number of benzene rings is 1. The van der Waals surface area contributed by atoms with Crippen molar-refractivity contribution in [2.45, 2.75) is 39.0 Å². The maximum absolute atomic E-state index is 12.8. The Morgan fingerprint density at radius 2 is 2.00 bits per heavy atom. The van der Waals surface area contributed by atoms with E-state index in [0.29, 0.717) is 12.2 Å². The number of carbonyl (C=O) groups excluding carboxylic acids is 1. The van der Waals surface area contributed by atoms with E-state index in [0.717, 1.165) is 56.4 Å². The molecule has 4 rings (SSSR count). The minimum atomic E-state index is -0.0477. The monoisotopic (exact) mass is 350 g/mol. The molecular formula is C21H26N4O. The predicted octanol–water partition coefficient (Wildman–Crippen LogP) is 2.71. The fourth-order valence-electron chi connectivity index (χ4n) is 3.79. The fourth-order valence-corrected chi connectivity index (χ4v) is 3.79. The molecule has 2 aromatic rings. The quantitative estimate of drug-likeness (QED) is 0.834. The topological polar surface area (TPSA) is 59.0 Å². The van der Waals surface area contributed by atoms with Crippen molar-refractivity contribution in [3.63, 3.8) is 0 Å². The molecule has 2 aliphatic rings. The maximum Gasteiger partial charge on any atom is 0.272 e. The molecule has 1 aromatic heterocycles. The Morgan fingerprint density at radius 1 is 1.19 bits per heavy atom. The van der Waals surface area contributed by atoms with Crippen LogP contribution >= 0.6 is 0 Å². The van der Waals surface area contributed by atoms with Gasteiger partial charge in [-0.2, -0.15) is 5.10 Å². The third-order valence-corrected chi connectivity index (χ3v) is 5.31. The number of carbonyl (C=O) groups is 1. The van der Waals surface area contributed by atoms with Crippen LogP contribution in [0.3, 0.4) is 0 Å². The summed E-state index contributed by atoms with van der Waals surface area (Å²) in [6.45, 7) is 4.57. The predicted molar refractivity (Wildman–Crippen MR) is 103 cm³/mol. The van der Waals surface area contributed by atoms with Gasteiger partial charge < -0.3 is 10.6 Å². The van der Waals surface area contributed by atoms with Gasteiger partial charge in [-0.3, -0.25) is 4.79 Å². The van der Waals surface area contributed by atoms with E-state index in [4.69, 9.17) is 5.10 Å². The summed E-state index contributed by atoms with van der Waals surface area (Å²) in [4.78, 5) is 12.8. The Labute approximate surface area is 154 Å². The van der Waals surface area contributed by atoms with Crippen molar-refractivity contribution in [2.75, 3.05) is 19.6 Å². The summed E-state index contributed by atoms with van der Waals surface area (Å²) in [6, 6.07) is 8.35. The normalized spacial score (nSPS) is 16.7. The van der Waals surface area contributed by atoms with E-state index >= 15 is 0 Å². The third kappa shape index (κ3) is 3.44. The average molecular weight is 350 g/mol. The summed E-state index contributed by atoms with van der Waals surface area (Å²) in [5.41, 5.74) is 6.50. The van der Waals surface area contributed by atoms with Gasteiger partial charge >= 0.3 is 0 Å². The summed E-state index contributed by atoms with van der Waals surface area (Å²) in [6.07, 6.45) is 7.38. The van der Waals surface area contributed by atoms with Crippen LogP contribution in [0.25, 0.3) is 5.69 Å². The highest BCUT2D eigenvalue weighted by Crippen LogP contribution is 2.27. The Hall–Kier alpha value is -2.40. The van der Waals surface area contributed by atoms with Gasteiger partial charge in [-0.05, 0) is 57.7 Å². The maximum atomic E-state index is 12.8. The highest BCUT2D eigenvalue weighted by Gasteiger charge is 2.25. The summed E-state index contributed by atoms with van der Waals surface area (Å²) in [5.74, 6) is -0.0477. The lowest BCUT2D eigenvalue weighted by atomic mass is 9.95. The summed E-state index contributed by atoms with van der Waals surface area (Å²) in [7, 11) is 0. The molecular weight excluding hydrogens is 324 g/mol. The average Bonchev–Trinajstić information content (AvgIpc) is 3.07. The van der Waals surface area contributed by atoms with Crippen molar-refractivity contribution in [1.82, 2.24) is 20.4 Å². The fraction of sp³-hybridized carbons (Fsp3) is 0.429. The lowest BCUT2D eigenvalue weighted by Gasteiger charge is -2.15. The highest BCUT2D eigenvalue weighted by atomic mass is 16.1. The lowest BCUT2D eigenvalue weighted by Crippen LogP contribution is -2.30. The second-order valence-corrected chi connectivity index (χ2v) is 7.23. The molecule has 1 aliphatic carbocycles. The zero-order valence-corrected chi connectivity index (χ0v) is 15.3. The van der Waals surface area contributed by atoms with Crippen LogP contribution in [0.2, 0.25) is 0 Å². The molecule has 2 N–H and O–H groups in total. The van der Waals surface area contributed by atoms with E-state index < -0.39 is 0 Å². The minimum absolute atomic E-state index is 0.0477. The molecule has 0 spiro atoms. The van der Waals surface area contributed by atoms with Crippen LogP contribution in [0.15, 0.2) is 35.9 Å². The van der Waals surface area contributed by atoms with Crippen LogP contribution in [-0.2, 0) is 12.8 Å². The molecule has 0 saturated heterocycles. The van der Waals surface area contributed by atoms with Crippen LogP contribution in [-0.4, -0.2) is 35.3 Å². The van der Waals surface area contributed by atoms with Gasteiger partial charge in [-0.25, -0.2) is 4.68 Å². The Balaban J connectivity index is 1.60. The molecule has 26 heavy (non-hydrogen) atoms. The first kappa shape index (κ1) is 17.0. The molecule has 1 aromatic carbocycles. The Morgan fingerprint density at radius 3 is 2.77 bits per heavy atom. The van der Waals surface area contributed by atoms with Gasteiger partial charge in [0.05, 0.1) is 5.69 Å². The van der Waals surface area contributed by atoms with Crippen LogP contribution in [0, 0.1) is 6.92 Å². The summed E-state index contributed by atoms with van der Waals surface area (Å²) >= 11 is 0. The van der Waals surface area contributed by atoms with Crippen LogP contribution in [0.4, 0.5) is 0 Å². The second-order valence-electron chi connectivity index (χ2n) is 7.23. The van der Waals surface area contributed by atoms with Gasteiger partial charge in [0.1, 0.15) is 0 Å². The number of nitrogens with one attached hydrogen (secondary N) is 2. The number of aryl methyl sites for hydroxylation is 1. The minimum Gasteiger partial charge on any atom is -0.347 e. The van der Waals surface area contributed by atoms with Gasteiger partial charge in [0.25, 0.3) is 5.91 Å². The van der Waals surface area contributed by atoms with Crippen molar-refractivity contribution in [3.8, 4) is 5.69 Å². The van der Waals surface area contributed by atoms with Crippen LogP contribution in [0.5, 0.6) is 0 Å². The number of hydrogen-bond acceptors (Lipinski definition) is 3. The molecule has 5 nitrogen and oxygen atoms in total. The van der Waals surface area contributed by atoms with Gasteiger partial charge in [-0.1, -0.05) is 29.3 Å². The number of aromatic nitrogens is 2. The molecule has 1 amide bonds. The van der Waals surface area contributed by atoms with Crippen molar-refractivity contribution in [2.24, 2.45) is 0 Å². The number of fused-ring (bicyclic) bond motifs is 1. The number of rotatable bonds is 4. The van der Waals surface area contributed by atoms with Crippen LogP contribution in [0.1, 0.15) is 46.6 Å². The summed E-state index contributed by atoms with van der Waals surface area (Å²) in [5, 5.41) is 11.1. The molecule has 5 heteroatoms. The molecule has 0 saturated carbocycles. The molecule has 2 heterocycles. The summed E-state index contributed by atoms with van der Waals surface area (Å²) < 4.78 is 1.98. The van der Waals surface area contributed by atoms with Crippen molar-refractivity contribution < 1.29 is 4.79 Å². The number of hydrogen-bond donors (Lipinski definition) is 2. The van der Waals surface area contributed by atoms with E-state index in [2.05, 4.69) is 47.9 Å². The molecule has 0 fully saturated rings. The molecule has 1 aliphatic heterocycles. The Kier molecular flexibility index (Phi) is 4.89.